The third-order valence-electron chi connectivity index (χ3n) is 4.88. The molecule has 0 heterocycles. The highest BCUT2D eigenvalue weighted by molar-refractivity contribution is 7.92. The second kappa shape index (κ2) is 10.2. The normalized spacial score (nSPS) is 11.8. The summed E-state index contributed by atoms with van der Waals surface area (Å²) >= 11 is 0. The van der Waals surface area contributed by atoms with Crippen LogP contribution in [0.4, 0.5) is 11.4 Å². The Morgan fingerprint density at radius 3 is 2.06 bits per heavy atom. The molecule has 0 fully saturated rings. The SMILES string of the molecule is Cc1ccccc1NS(=O)(=O)c1ccc(C(=O)O[C@H](C)C(=O)Nc2ccc(C(N)=O)cc2)cc1. The summed E-state index contributed by atoms with van der Waals surface area (Å²) < 4.78 is 32.9. The van der Waals surface area contributed by atoms with E-state index in [9.17, 15) is 22.8 Å². The van der Waals surface area contributed by atoms with Crippen LogP contribution >= 0.6 is 0 Å². The fraction of sp³-hybridized carbons (Fsp3) is 0.125. The van der Waals surface area contributed by atoms with Gasteiger partial charge in [-0.1, -0.05) is 18.2 Å². The Labute approximate surface area is 197 Å². The van der Waals surface area contributed by atoms with Crippen molar-refractivity contribution in [1.29, 1.82) is 0 Å². The summed E-state index contributed by atoms with van der Waals surface area (Å²) in [6, 6.07) is 18.0. The number of sulfonamides is 1. The van der Waals surface area contributed by atoms with Gasteiger partial charge in [-0.25, -0.2) is 13.2 Å². The third kappa shape index (κ3) is 5.99. The summed E-state index contributed by atoms with van der Waals surface area (Å²) in [7, 11) is -3.85. The molecule has 0 saturated heterocycles. The van der Waals surface area contributed by atoms with Crippen molar-refractivity contribution >= 4 is 39.2 Å². The highest BCUT2D eigenvalue weighted by Gasteiger charge is 2.21. The summed E-state index contributed by atoms with van der Waals surface area (Å²) in [5, 5.41) is 2.57. The second-order valence-corrected chi connectivity index (χ2v) is 9.11. The number of carbonyl (C=O) groups excluding carboxylic acids is 3. The van der Waals surface area contributed by atoms with Gasteiger partial charge in [0.1, 0.15) is 0 Å². The molecular formula is C24H23N3O6S. The van der Waals surface area contributed by atoms with Crippen LogP contribution in [0.2, 0.25) is 0 Å². The Kier molecular flexibility index (Phi) is 7.32. The van der Waals surface area contributed by atoms with Crippen molar-refractivity contribution in [3.05, 3.63) is 89.5 Å². The monoisotopic (exact) mass is 481 g/mol. The molecule has 10 heteroatoms. The van der Waals surface area contributed by atoms with Gasteiger partial charge in [0, 0.05) is 11.3 Å². The molecule has 0 aliphatic carbocycles. The molecule has 0 spiro atoms. The number of rotatable bonds is 8. The van der Waals surface area contributed by atoms with Crippen LogP contribution < -0.4 is 15.8 Å². The van der Waals surface area contributed by atoms with Crippen molar-refractivity contribution in [1.82, 2.24) is 0 Å². The number of hydrogen-bond acceptors (Lipinski definition) is 6. The number of anilines is 2. The number of nitrogens with one attached hydrogen (secondary N) is 2. The van der Waals surface area contributed by atoms with Crippen molar-refractivity contribution < 1.29 is 27.5 Å². The highest BCUT2D eigenvalue weighted by atomic mass is 32.2. The van der Waals surface area contributed by atoms with Crippen LogP contribution in [-0.4, -0.2) is 32.3 Å². The van der Waals surface area contributed by atoms with E-state index in [1.165, 1.54) is 55.5 Å². The molecule has 2 amide bonds. The van der Waals surface area contributed by atoms with E-state index in [1.807, 2.05) is 0 Å². The van der Waals surface area contributed by atoms with Crippen molar-refractivity contribution in [2.24, 2.45) is 5.73 Å². The zero-order valence-corrected chi connectivity index (χ0v) is 19.3. The zero-order chi connectivity index (χ0) is 24.9. The summed E-state index contributed by atoms with van der Waals surface area (Å²) in [6.45, 7) is 3.18. The lowest BCUT2D eigenvalue weighted by Gasteiger charge is -2.14. The van der Waals surface area contributed by atoms with Gasteiger partial charge >= 0.3 is 5.97 Å². The first-order chi connectivity index (χ1) is 16.1. The number of nitrogens with two attached hydrogens (primary N) is 1. The van der Waals surface area contributed by atoms with Crippen molar-refractivity contribution in [2.45, 2.75) is 24.8 Å². The molecule has 0 bridgehead atoms. The van der Waals surface area contributed by atoms with E-state index < -0.39 is 33.9 Å². The van der Waals surface area contributed by atoms with Crippen LogP contribution in [-0.2, 0) is 19.6 Å². The molecule has 0 aliphatic heterocycles. The minimum atomic E-state index is -3.85. The highest BCUT2D eigenvalue weighted by Crippen LogP contribution is 2.20. The topological polar surface area (TPSA) is 145 Å². The van der Waals surface area contributed by atoms with Crippen molar-refractivity contribution in [2.75, 3.05) is 10.0 Å². The average molecular weight is 482 g/mol. The lowest BCUT2D eigenvalue weighted by atomic mass is 10.2. The molecule has 3 aromatic carbocycles. The number of para-hydroxylation sites is 1. The Morgan fingerprint density at radius 2 is 1.47 bits per heavy atom. The van der Waals surface area contributed by atoms with E-state index in [0.717, 1.165) is 5.56 Å². The third-order valence-corrected chi connectivity index (χ3v) is 6.26. The molecule has 4 N–H and O–H groups in total. The molecule has 0 unspecified atom stereocenters. The van der Waals surface area contributed by atoms with E-state index in [4.69, 9.17) is 10.5 Å². The summed E-state index contributed by atoms with van der Waals surface area (Å²) in [4.78, 5) is 35.8. The Bertz CT molecular complexity index is 1320. The first kappa shape index (κ1) is 24.5. The first-order valence-corrected chi connectivity index (χ1v) is 11.7. The summed E-state index contributed by atoms with van der Waals surface area (Å²) in [5.41, 5.74) is 7.17. The van der Waals surface area contributed by atoms with Crippen LogP contribution in [0.15, 0.2) is 77.7 Å². The van der Waals surface area contributed by atoms with E-state index in [0.29, 0.717) is 11.4 Å². The van der Waals surface area contributed by atoms with Crippen LogP contribution in [0.3, 0.4) is 0 Å². The molecule has 3 rings (SSSR count). The van der Waals surface area contributed by atoms with Crippen LogP contribution in [0.5, 0.6) is 0 Å². The van der Waals surface area contributed by atoms with Crippen molar-refractivity contribution in [3.8, 4) is 0 Å². The standard InChI is InChI=1S/C24H23N3O6S/c1-15-5-3-4-6-21(15)27-34(31,32)20-13-9-18(10-14-20)24(30)33-16(2)23(29)26-19-11-7-17(8-12-19)22(25)28/h3-14,16,27H,1-2H3,(H2,25,28)(H,26,29)/t16-/m1/s1. The van der Waals surface area contributed by atoms with Crippen LogP contribution in [0.1, 0.15) is 33.2 Å². The van der Waals surface area contributed by atoms with Gasteiger partial charge in [-0.05, 0) is 74.0 Å². The lowest BCUT2D eigenvalue weighted by Crippen LogP contribution is -2.30. The number of carbonyl (C=O) groups is 3. The minimum Gasteiger partial charge on any atom is -0.449 e. The Morgan fingerprint density at radius 1 is 0.882 bits per heavy atom. The number of ether oxygens (including phenoxy) is 1. The number of amides is 2. The molecule has 0 saturated carbocycles. The number of esters is 1. The maximum Gasteiger partial charge on any atom is 0.338 e. The summed E-state index contributed by atoms with van der Waals surface area (Å²) in [5.74, 6) is -1.96. The molecule has 0 aliphatic rings. The molecule has 3 aromatic rings. The van der Waals surface area contributed by atoms with Gasteiger partial charge in [-0.2, -0.15) is 0 Å². The van der Waals surface area contributed by atoms with Gasteiger partial charge in [0.25, 0.3) is 15.9 Å². The van der Waals surface area contributed by atoms with E-state index in [1.54, 1.807) is 31.2 Å². The minimum absolute atomic E-state index is 0.0301. The molecule has 34 heavy (non-hydrogen) atoms. The van der Waals surface area contributed by atoms with Crippen LogP contribution in [0, 0.1) is 6.92 Å². The van der Waals surface area contributed by atoms with Gasteiger partial charge in [0.05, 0.1) is 16.1 Å². The van der Waals surface area contributed by atoms with Gasteiger partial charge in [0.2, 0.25) is 5.91 Å². The van der Waals surface area contributed by atoms with Gasteiger partial charge in [-0.3, -0.25) is 14.3 Å². The van der Waals surface area contributed by atoms with E-state index in [2.05, 4.69) is 10.0 Å². The van der Waals surface area contributed by atoms with Gasteiger partial charge in [0.15, 0.2) is 6.10 Å². The predicted octanol–water partition coefficient (Wildman–Crippen LogP) is 3.08. The fourth-order valence-corrected chi connectivity index (χ4v) is 4.04. The maximum absolute atomic E-state index is 12.6. The predicted molar refractivity (Wildman–Crippen MR) is 127 cm³/mol. The van der Waals surface area contributed by atoms with Crippen LogP contribution in [0.25, 0.3) is 0 Å². The summed E-state index contributed by atoms with van der Waals surface area (Å²) in [6.07, 6.45) is -1.13. The first-order valence-electron chi connectivity index (χ1n) is 10.2. The molecule has 0 radical (unpaired) electrons. The van der Waals surface area contributed by atoms with Gasteiger partial charge in [-0.15, -0.1) is 0 Å². The maximum atomic E-state index is 12.6. The number of aryl methyl sites for hydroxylation is 1. The molecule has 9 nitrogen and oxygen atoms in total. The van der Waals surface area contributed by atoms with E-state index >= 15 is 0 Å². The largest absolute Gasteiger partial charge is 0.449 e. The Hall–Kier alpha value is -4.18. The molecule has 0 aromatic heterocycles. The van der Waals surface area contributed by atoms with E-state index in [-0.39, 0.29) is 16.0 Å². The number of hydrogen-bond donors (Lipinski definition) is 3. The molecular weight excluding hydrogens is 458 g/mol. The average Bonchev–Trinajstić information content (AvgIpc) is 2.80. The number of primary amides is 1. The quantitative estimate of drug-likeness (QED) is 0.422. The second-order valence-electron chi connectivity index (χ2n) is 7.42. The lowest BCUT2D eigenvalue weighted by molar-refractivity contribution is -0.123. The Balaban J connectivity index is 1.62. The van der Waals surface area contributed by atoms with Crippen molar-refractivity contribution in [3.63, 3.8) is 0 Å². The molecule has 176 valence electrons. The number of benzene rings is 3. The van der Waals surface area contributed by atoms with Gasteiger partial charge < -0.3 is 15.8 Å². The fourth-order valence-electron chi connectivity index (χ4n) is 2.91. The smallest absolute Gasteiger partial charge is 0.338 e. The zero-order valence-electron chi connectivity index (χ0n) is 18.4. The molecule has 1 atom stereocenters.